The number of benzene rings is 2. The van der Waals surface area contributed by atoms with Gasteiger partial charge < -0.3 is 10.0 Å². The number of aliphatic hydroxyl groups is 1. The summed E-state index contributed by atoms with van der Waals surface area (Å²) in [6.07, 6.45) is 1.58. The first-order chi connectivity index (χ1) is 14.9. The van der Waals surface area contributed by atoms with Gasteiger partial charge in [0.2, 0.25) is 0 Å². The number of carbonyl (C=O) groups excluding carboxylic acids is 2. The molecule has 0 bridgehead atoms. The molecule has 1 unspecified atom stereocenters. The minimum Gasteiger partial charge on any atom is -0.507 e. The molecule has 0 aliphatic carbocycles. The Hall–Kier alpha value is -3.22. The van der Waals surface area contributed by atoms with E-state index in [0.717, 1.165) is 0 Å². The normalized spacial score (nSPS) is 17.9. The number of likely N-dealkylation sites (tertiary alicyclic amines) is 1. The maximum Gasteiger partial charge on any atom is 0.296 e. The van der Waals surface area contributed by atoms with Crippen molar-refractivity contribution in [1.29, 1.82) is 0 Å². The molecule has 0 saturated carbocycles. The van der Waals surface area contributed by atoms with E-state index in [1.165, 1.54) is 47.4 Å². The van der Waals surface area contributed by atoms with Crippen LogP contribution in [0.2, 0.25) is 10.0 Å². The van der Waals surface area contributed by atoms with Gasteiger partial charge in [-0.1, -0.05) is 41.4 Å². The summed E-state index contributed by atoms with van der Waals surface area (Å²) in [5, 5.41) is 11.5. The highest BCUT2D eigenvalue weighted by molar-refractivity contribution is 6.46. The Bertz CT molecular complexity index is 1200. The zero-order valence-electron chi connectivity index (χ0n) is 15.9. The number of hydrogen-bond acceptors (Lipinski definition) is 4. The third kappa shape index (κ3) is 4.04. The molecule has 3 aromatic rings. The van der Waals surface area contributed by atoms with Crippen LogP contribution in [0.1, 0.15) is 22.9 Å². The molecule has 1 amide bonds. The van der Waals surface area contributed by atoms with Gasteiger partial charge in [-0.05, 0) is 48.0 Å². The van der Waals surface area contributed by atoms with Crippen LogP contribution in [-0.2, 0) is 16.1 Å². The lowest BCUT2D eigenvalue weighted by atomic mass is 9.95. The summed E-state index contributed by atoms with van der Waals surface area (Å²) in [6, 6.07) is 14.1. The van der Waals surface area contributed by atoms with Crippen molar-refractivity contribution in [3.05, 3.63) is 105 Å². The Morgan fingerprint density at radius 3 is 2.42 bits per heavy atom. The number of halogens is 3. The molecule has 1 aliphatic heterocycles. The fourth-order valence-electron chi connectivity index (χ4n) is 3.50. The summed E-state index contributed by atoms with van der Waals surface area (Å²) in [4.78, 5) is 31.4. The van der Waals surface area contributed by atoms with E-state index in [1.54, 1.807) is 24.4 Å². The van der Waals surface area contributed by atoms with Gasteiger partial charge in [-0.15, -0.1) is 0 Å². The van der Waals surface area contributed by atoms with E-state index in [9.17, 15) is 19.1 Å². The highest BCUT2D eigenvalue weighted by Crippen LogP contribution is 2.40. The second-order valence-electron chi connectivity index (χ2n) is 6.93. The number of carbonyl (C=O) groups is 2. The van der Waals surface area contributed by atoms with Crippen LogP contribution in [0.4, 0.5) is 4.39 Å². The Balaban J connectivity index is 1.87. The van der Waals surface area contributed by atoms with E-state index >= 15 is 0 Å². The zero-order valence-corrected chi connectivity index (χ0v) is 17.4. The number of ketones is 1. The van der Waals surface area contributed by atoms with Crippen molar-refractivity contribution in [3.63, 3.8) is 0 Å². The predicted octanol–water partition coefficient (Wildman–Crippen LogP) is 5.15. The maximum atomic E-state index is 13.5. The van der Waals surface area contributed by atoms with Crippen molar-refractivity contribution < 1.29 is 19.1 Å². The van der Waals surface area contributed by atoms with Gasteiger partial charge in [0.25, 0.3) is 11.7 Å². The van der Waals surface area contributed by atoms with E-state index < -0.39 is 29.3 Å². The van der Waals surface area contributed by atoms with Crippen molar-refractivity contribution in [2.24, 2.45) is 0 Å². The molecule has 0 radical (unpaired) electrons. The van der Waals surface area contributed by atoms with Crippen LogP contribution in [0.5, 0.6) is 0 Å². The lowest BCUT2D eigenvalue weighted by Gasteiger charge is -2.25. The average Bonchev–Trinajstić information content (AvgIpc) is 3.01. The Labute approximate surface area is 187 Å². The first-order valence-electron chi connectivity index (χ1n) is 9.26. The van der Waals surface area contributed by atoms with Crippen LogP contribution < -0.4 is 0 Å². The summed E-state index contributed by atoms with van der Waals surface area (Å²) in [5.41, 5.74) is 1.15. The Morgan fingerprint density at radius 1 is 1.03 bits per heavy atom. The van der Waals surface area contributed by atoms with E-state index in [-0.39, 0.29) is 27.7 Å². The second-order valence-corrected chi connectivity index (χ2v) is 7.74. The number of amides is 1. The molecule has 4 rings (SSSR count). The Morgan fingerprint density at radius 2 is 1.77 bits per heavy atom. The van der Waals surface area contributed by atoms with Gasteiger partial charge in [-0.3, -0.25) is 14.6 Å². The first-order valence-corrected chi connectivity index (χ1v) is 10.0. The van der Waals surface area contributed by atoms with E-state index in [4.69, 9.17) is 23.2 Å². The molecule has 5 nitrogen and oxygen atoms in total. The molecule has 2 aromatic carbocycles. The summed E-state index contributed by atoms with van der Waals surface area (Å²) in [5.74, 6) is -2.50. The minimum absolute atomic E-state index is 0.0333. The van der Waals surface area contributed by atoms with Crippen LogP contribution in [0.3, 0.4) is 0 Å². The third-order valence-corrected chi connectivity index (χ3v) is 5.72. The van der Waals surface area contributed by atoms with Crippen LogP contribution >= 0.6 is 23.2 Å². The summed E-state index contributed by atoms with van der Waals surface area (Å²) in [6.45, 7) is 0.0333. The monoisotopic (exact) mass is 456 g/mol. The maximum absolute atomic E-state index is 13.5. The summed E-state index contributed by atoms with van der Waals surface area (Å²) >= 11 is 12.0. The predicted molar refractivity (Wildman–Crippen MR) is 115 cm³/mol. The SMILES string of the molecule is O=C1C(=O)N(Cc2ccccn2)C(c2ccc(F)cc2)/C1=C(/O)c1ccc(Cl)c(Cl)c1. The van der Waals surface area contributed by atoms with Crippen molar-refractivity contribution in [3.8, 4) is 0 Å². The molecule has 2 heterocycles. The van der Waals surface area contributed by atoms with Gasteiger partial charge in [0.1, 0.15) is 11.6 Å². The molecular weight excluding hydrogens is 442 g/mol. The number of aromatic nitrogens is 1. The topological polar surface area (TPSA) is 70.5 Å². The lowest BCUT2D eigenvalue weighted by molar-refractivity contribution is -0.140. The molecule has 1 aliphatic rings. The second kappa shape index (κ2) is 8.49. The van der Waals surface area contributed by atoms with E-state index in [1.807, 2.05) is 0 Å². The van der Waals surface area contributed by atoms with E-state index in [2.05, 4.69) is 4.98 Å². The molecule has 1 fully saturated rings. The van der Waals surface area contributed by atoms with Gasteiger partial charge in [0.15, 0.2) is 0 Å². The van der Waals surface area contributed by atoms with Crippen LogP contribution in [0.25, 0.3) is 5.76 Å². The summed E-state index contributed by atoms with van der Waals surface area (Å²) < 4.78 is 13.5. The van der Waals surface area contributed by atoms with E-state index in [0.29, 0.717) is 11.3 Å². The smallest absolute Gasteiger partial charge is 0.296 e. The van der Waals surface area contributed by atoms with Crippen LogP contribution in [-0.4, -0.2) is 26.7 Å². The number of hydrogen-bond donors (Lipinski definition) is 1. The van der Waals surface area contributed by atoms with Gasteiger partial charge >= 0.3 is 0 Å². The van der Waals surface area contributed by atoms with Crippen molar-refractivity contribution in [1.82, 2.24) is 9.88 Å². The Kier molecular flexibility index (Phi) is 5.76. The molecule has 1 aromatic heterocycles. The highest BCUT2D eigenvalue weighted by atomic mass is 35.5. The number of nitrogens with zero attached hydrogens (tertiary/aromatic N) is 2. The van der Waals surface area contributed by atoms with Crippen LogP contribution in [0, 0.1) is 5.82 Å². The van der Waals surface area contributed by atoms with Crippen molar-refractivity contribution in [2.75, 3.05) is 0 Å². The van der Waals surface area contributed by atoms with Gasteiger partial charge in [-0.2, -0.15) is 0 Å². The highest BCUT2D eigenvalue weighted by Gasteiger charge is 2.46. The zero-order chi connectivity index (χ0) is 22.1. The molecule has 156 valence electrons. The quantitative estimate of drug-likeness (QED) is 0.334. The van der Waals surface area contributed by atoms with Crippen molar-refractivity contribution >= 4 is 40.7 Å². The average molecular weight is 457 g/mol. The third-order valence-electron chi connectivity index (χ3n) is 4.98. The standard InChI is InChI=1S/C23H15Cl2FN2O3/c24-17-9-6-14(11-18(17)25)21(29)19-20(13-4-7-15(26)8-5-13)28(23(31)22(19)30)12-16-3-1-2-10-27-16/h1-11,20,29H,12H2/b21-19-. The fourth-order valence-corrected chi connectivity index (χ4v) is 3.80. The molecular formula is C23H15Cl2FN2O3. The number of rotatable bonds is 4. The van der Waals surface area contributed by atoms with Gasteiger partial charge in [0, 0.05) is 11.8 Å². The molecule has 1 N–H and O–H groups in total. The first kappa shape index (κ1) is 21.0. The fraction of sp³-hybridized carbons (Fsp3) is 0.0870. The largest absolute Gasteiger partial charge is 0.507 e. The summed E-state index contributed by atoms with van der Waals surface area (Å²) in [7, 11) is 0. The molecule has 1 saturated heterocycles. The number of pyridine rings is 1. The number of aliphatic hydroxyl groups excluding tert-OH is 1. The van der Waals surface area contributed by atoms with Crippen molar-refractivity contribution in [2.45, 2.75) is 12.6 Å². The van der Waals surface area contributed by atoms with Gasteiger partial charge in [-0.25, -0.2) is 4.39 Å². The molecule has 31 heavy (non-hydrogen) atoms. The molecule has 0 spiro atoms. The lowest BCUT2D eigenvalue weighted by Crippen LogP contribution is -2.29. The molecule has 8 heteroatoms. The van der Waals surface area contributed by atoms with Crippen LogP contribution in [0.15, 0.2) is 72.4 Å². The minimum atomic E-state index is -0.933. The van der Waals surface area contributed by atoms with Gasteiger partial charge in [0.05, 0.1) is 33.9 Å². The molecule has 1 atom stereocenters. The number of Topliss-reactive ketones (excluding diaryl/α,β-unsaturated/α-hetero) is 1.